The van der Waals surface area contributed by atoms with E-state index in [1.807, 2.05) is 0 Å². The summed E-state index contributed by atoms with van der Waals surface area (Å²) in [5.41, 5.74) is 0.0734. The van der Waals surface area contributed by atoms with Crippen LogP contribution in [0.25, 0.3) is 0 Å². The molecule has 0 aliphatic carbocycles. The number of hydrogen-bond acceptors (Lipinski definition) is 1. The van der Waals surface area contributed by atoms with Crippen molar-refractivity contribution < 1.29 is 23.1 Å². The smallest absolute Gasteiger partial charge is 0.303 e. The second kappa shape index (κ2) is 5.53. The number of rotatable bonds is 5. The molecule has 0 radical (unpaired) electrons. The number of unbranched alkanes of at least 4 members (excludes halogenated alkanes) is 1. The van der Waals surface area contributed by atoms with Gasteiger partial charge in [0.05, 0.1) is 0 Å². The lowest BCUT2D eigenvalue weighted by atomic mass is 10.1. The van der Waals surface area contributed by atoms with Gasteiger partial charge in [-0.15, -0.1) is 0 Å². The Morgan fingerprint density at radius 3 is 2.44 bits per heavy atom. The Morgan fingerprint density at radius 1 is 1.12 bits per heavy atom. The minimum absolute atomic E-state index is 0.00864. The maximum Gasteiger partial charge on any atom is 0.303 e. The third-order valence-corrected chi connectivity index (χ3v) is 2.20. The molecule has 0 saturated carbocycles. The van der Waals surface area contributed by atoms with Gasteiger partial charge in [-0.25, -0.2) is 13.2 Å². The second-order valence-electron chi connectivity index (χ2n) is 3.44. The van der Waals surface area contributed by atoms with E-state index in [0.717, 1.165) is 6.07 Å². The van der Waals surface area contributed by atoms with Crippen LogP contribution in [0, 0.1) is 17.5 Å². The van der Waals surface area contributed by atoms with Gasteiger partial charge in [0.2, 0.25) is 0 Å². The summed E-state index contributed by atoms with van der Waals surface area (Å²) in [6, 6.07) is 2.04. The van der Waals surface area contributed by atoms with Crippen molar-refractivity contribution in [2.24, 2.45) is 0 Å². The molecular formula is C11H11F3O2. The Morgan fingerprint density at radius 2 is 1.81 bits per heavy atom. The summed E-state index contributed by atoms with van der Waals surface area (Å²) in [7, 11) is 0. The summed E-state index contributed by atoms with van der Waals surface area (Å²) >= 11 is 0. The predicted molar refractivity (Wildman–Crippen MR) is 51.5 cm³/mol. The zero-order valence-corrected chi connectivity index (χ0v) is 8.47. The van der Waals surface area contributed by atoms with Crippen LogP contribution < -0.4 is 0 Å². The molecule has 0 spiro atoms. The molecule has 16 heavy (non-hydrogen) atoms. The maximum absolute atomic E-state index is 13.1. The first-order chi connectivity index (χ1) is 7.52. The average Bonchev–Trinajstić information content (AvgIpc) is 2.23. The van der Waals surface area contributed by atoms with E-state index in [9.17, 15) is 18.0 Å². The van der Waals surface area contributed by atoms with Gasteiger partial charge in [0.15, 0.2) is 17.5 Å². The molecule has 0 heterocycles. The molecule has 0 saturated heterocycles. The molecule has 1 aromatic rings. The molecule has 0 aliphatic heterocycles. The summed E-state index contributed by atoms with van der Waals surface area (Å²) in [6.45, 7) is 0. The Hall–Kier alpha value is -1.52. The first-order valence-corrected chi connectivity index (χ1v) is 4.86. The van der Waals surface area contributed by atoms with E-state index in [-0.39, 0.29) is 18.4 Å². The monoisotopic (exact) mass is 232 g/mol. The van der Waals surface area contributed by atoms with Crippen LogP contribution in [0.5, 0.6) is 0 Å². The van der Waals surface area contributed by atoms with Crippen LogP contribution in [0.3, 0.4) is 0 Å². The van der Waals surface area contributed by atoms with Crippen LogP contribution in [-0.4, -0.2) is 11.1 Å². The van der Waals surface area contributed by atoms with Gasteiger partial charge in [0.1, 0.15) is 0 Å². The zero-order chi connectivity index (χ0) is 12.1. The fraction of sp³-hybridized carbons (Fsp3) is 0.364. The van der Waals surface area contributed by atoms with Crippen molar-refractivity contribution in [1.29, 1.82) is 0 Å². The van der Waals surface area contributed by atoms with Crippen molar-refractivity contribution in [1.82, 2.24) is 0 Å². The van der Waals surface area contributed by atoms with Crippen molar-refractivity contribution in [2.75, 3.05) is 0 Å². The summed E-state index contributed by atoms with van der Waals surface area (Å²) in [6.07, 6.45) is 1.00. The molecule has 0 amide bonds. The lowest BCUT2D eigenvalue weighted by Gasteiger charge is -2.03. The largest absolute Gasteiger partial charge is 0.481 e. The van der Waals surface area contributed by atoms with E-state index in [1.54, 1.807) is 0 Å². The standard InChI is InChI=1S/C11H11F3O2/c12-8-6-5-7(10(13)11(8)14)3-1-2-4-9(15)16/h5-6H,1-4H2,(H,15,16). The van der Waals surface area contributed by atoms with Crippen LogP contribution >= 0.6 is 0 Å². The molecule has 88 valence electrons. The third-order valence-electron chi connectivity index (χ3n) is 2.20. The molecule has 0 bridgehead atoms. The van der Waals surface area contributed by atoms with Gasteiger partial charge in [-0.3, -0.25) is 4.79 Å². The fourth-order valence-corrected chi connectivity index (χ4v) is 1.35. The Labute approximate surface area is 90.7 Å². The van der Waals surface area contributed by atoms with Gasteiger partial charge in [-0.05, 0) is 30.9 Å². The van der Waals surface area contributed by atoms with Crippen molar-refractivity contribution in [2.45, 2.75) is 25.7 Å². The SMILES string of the molecule is O=C(O)CCCCc1ccc(F)c(F)c1F. The minimum atomic E-state index is -1.48. The Bertz CT molecular complexity index is 391. The van der Waals surface area contributed by atoms with Crippen LogP contribution in [0.15, 0.2) is 12.1 Å². The van der Waals surface area contributed by atoms with E-state index in [0.29, 0.717) is 12.8 Å². The number of carbonyl (C=O) groups is 1. The molecule has 0 aliphatic rings. The van der Waals surface area contributed by atoms with Gasteiger partial charge in [0.25, 0.3) is 0 Å². The van der Waals surface area contributed by atoms with Crippen LogP contribution in [-0.2, 0) is 11.2 Å². The van der Waals surface area contributed by atoms with Crippen molar-refractivity contribution in [3.05, 3.63) is 35.1 Å². The molecule has 5 heteroatoms. The predicted octanol–water partition coefficient (Wildman–Crippen LogP) is 2.90. The van der Waals surface area contributed by atoms with E-state index < -0.39 is 23.4 Å². The zero-order valence-electron chi connectivity index (χ0n) is 8.47. The van der Waals surface area contributed by atoms with Crippen LogP contribution in [0.4, 0.5) is 13.2 Å². The van der Waals surface area contributed by atoms with Crippen LogP contribution in [0.2, 0.25) is 0 Å². The quantitative estimate of drug-likeness (QED) is 0.626. The van der Waals surface area contributed by atoms with Gasteiger partial charge in [-0.1, -0.05) is 6.07 Å². The molecule has 2 nitrogen and oxygen atoms in total. The minimum Gasteiger partial charge on any atom is -0.481 e. The van der Waals surface area contributed by atoms with E-state index >= 15 is 0 Å². The molecule has 0 aromatic heterocycles. The highest BCUT2D eigenvalue weighted by molar-refractivity contribution is 5.66. The summed E-state index contributed by atoms with van der Waals surface area (Å²) < 4.78 is 38.5. The third kappa shape index (κ3) is 3.25. The number of benzene rings is 1. The second-order valence-corrected chi connectivity index (χ2v) is 3.44. The number of halogens is 3. The lowest BCUT2D eigenvalue weighted by molar-refractivity contribution is -0.137. The molecule has 0 fully saturated rings. The number of aliphatic carboxylic acids is 1. The van der Waals surface area contributed by atoms with Crippen molar-refractivity contribution in [3.63, 3.8) is 0 Å². The molecule has 1 N–H and O–H groups in total. The highest BCUT2D eigenvalue weighted by Crippen LogP contribution is 2.17. The number of carboxylic acid groups (broad SMARTS) is 1. The van der Waals surface area contributed by atoms with E-state index in [2.05, 4.69) is 0 Å². The maximum atomic E-state index is 13.1. The molecule has 1 aromatic carbocycles. The Kier molecular flexibility index (Phi) is 4.34. The average molecular weight is 232 g/mol. The summed E-state index contributed by atoms with van der Waals surface area (Å²) in [5.74, 6) is -4.80. The Balaban J connectivity index is 2.55. The first-order valence-electron chi connectivity index (χ1n) is 4.86. The number of hydrogen-bond donors (Lipinski definition) is 1. The normalized spacial score (nSPS) is 10.4. The van der Waals surface area contributed by atoms with Crippen LogP contribution in [0.1, 0.15) is 24.8 Å². The van der Waals surface area contributed by atoms with Crippen molar-refractivity contribution in [3.8, 4) is 0 Å². The number of carboxylic acids is 1. The topological polar surface area (TPSA) is 37.3 Å². The van der Waals surface area contributed by atoms with Gasteiger partial charge in [0, 0.05) is 6.42 Å². The summed E-state index contributed by atoms with van der Waals surface area (Å²) in [5, 5.41) is 8.36. The van der Waals surface area contributed by atoms with Gasteiger partial charge >= 0.3 is 5.97 Å². The highest BCUT2D eigenvalue weighted by Gasteiger charge is 2.12. The van der Waals surface area contributed by atoms with Gasteiger partial charge < -0.3 is 5.11 Å². The molecule has 0 atom stereocenters. The first kappa shape index (κ1) is 12.5. The van der Waals surface area contributed by atoms with Crippen molar-refractivity contribution >= 4 is 5.97 Å². The fourth-order valence-electron chi connectivity index (χ4n) is 1.35. The van der Waals surface area contributed by atoms with E-state index in [4.69, 9.17) is 5.11 Å². The summed E-state index contributed by atoms with van der Waals surface area (Å²) in [4.78, 5) is 10.2. The highest BCUT2D eigenvalue weighted by atomic mass is 19.2. The van der Waals surface area contributed by atoms with E-state index in [1.165, 1.54) is 6.07 Å². The number of aryl methyl sites for hydroxylation is 1. The molecule has 0 unspecified atom stereocenters. The molecular weight excluding hydrogens is 221 g/mol. The molecule has 1 rings (SSSR count). The lowest BCUT2D eigenvalue weighted by Crippen LogP contribution is -1.99. The van der Waals surface area contributed by atoms with Gasteiger partial charge in [-0.2, -0.15) is 0 Å².